The lowest BCUT2D eigenvalue weighted by Crippen LogP contribution is -2.34. The number of hydrogen-bond acceptors (Lipinski definition) is 2. The molecule has 1 aromatic rings. The zero-order valence-electron chi connectivity index (χ0n) is 9.83. The number of halogens is 3. The van der Waals surface area contributed by atoms with Crippen LogP contribution in [0.15, 0.2) is 18.5 Å². The van der Waals surface area contributed by atoms with Crippen molar-refractivity contribution in [3.63, 3.8) is 0 Å². The summed E-state index contributed by atoms with van der Waals surface area (Å²) in [5.74, 6) is 0.193. The molecule has 0 saturated carbocycles. The van der Waals surface area contributed by atoms with Gasteiger partial charge in [-0.25, -0.2) is 0 Å². The van der Waals surface area contributed by atoms with Gasteiger partial charge in [-0.15, -0.1) is 0 Å². The van der Waals surface area contributed by atoms with Crippen LogP contribution >= 0.6 is 0 Å². The van der Waals surface area contributed by atoms with Gasteiger partial charge in [0, 0.05) is 6.20 Å². The monoisotopic (exact) mass is 246 g/mol. The Morgan fingerprint density at radius 3 is 2.59 bits per heavy atom. The van der Waals surface area contributed by atoms with Gasteiger partial charge in [-0.1, -0.05) is 31.6 Å². The Morgan fingerprint density at radius 2 is 1.94 bits per heavy atom. The molecule has 1 heterocycles. The standard InChI is InChI=1S/C11H16BF3NO/c1-2-3-4-5-6-17-11-7-10(8-16-9-11)12(13,14)15/h7-9H,2-6H2,1H3/q-1. The maximum absolute atomic E-state index is 12.4. The lowest BCUT2D eigenvalue weighted by atomic mass is 9.81. The molecule has 1 rings (SSSR count). The van der Waals surface area contributed by atoms with E-state index in [0.717, 1.165) is 37.9 Å². The third-order valence-corrected chi connectivity index (χ3v) is 2.38. The normalized spacial score (nSPS) is 11.5. The molecule has 96 valence electrons. The second-order valence-corrected chi connectivity index (χ2v) is 3.94. The predicted octanol–water partition coefficient (Wildman–Crippen LogP) is 3.10. The zero-order chi connectivity index (χ0) is 12.7. The van der Waals surface area contributed by atoms with E-state index in [-0.39, 0.29) is 5.75 Å². The minimum atomic E-state index is -5.00. The Morgan fingerprint density at radius 1 is 1.18 bits per heavy atom. The molecular weight excluding hydrogens is 230 g/mol. The summed E-state index contributed by atoms with van der Waals surface area (Å²) in [4.78, 5) is 3.54. The fraction of sp³-hybridized carbons (Fsp3) is 0.545. The molecule has 17 heavy (non-hydrogen) atoms. The Labute approximate surface area is 99.3 Å². The molecule has 0 aromatic carbocycles. The van der Waals surface area contributed by atoms with Crippen molar-refractivity contribution in [2.45, 2.75) is 32.6 Å². The van der Waals surface area contributed by atoms with Crippen LogP contribution in [-0.2, 0) is 0 Å². The molecule has 0 unspecified atom stereocenters. The van der Waals surface area contributed by atoms with E-state index in [9.17, 15) is 12.9 Å². The SMILES string of the molecule is CCCCCCOc1cncc([B-](F)(F)F)c1. The van der Waals surface area contributed by atoms with Gasteiger partial charge in [0.15, 0.2) is 0 Å². The summed E-state index contributed by atoms with van der Waals surface area (Å²) in [6.07, 6.45) is 6.26. The number of rotatable bonds is 7. The van der Waals surface area contributed by atoms with Crippen molar-refractivity contribution in [2.75, 3.05) is 6.61 Å². The maximum atomic E-state index is 12.4. The number of ether oxygens (including phenoxy) is 1. The highest BCUT2D eigenvalue weighted by Crippen LogP contribution is 2.13. The van der Waals surface area contributed by atoms with Gasteiger partial charge in [0.25, 0.3) is 0 Å². The van der Waals surface area contributed by atoms with Gasteiger partial charge >= 0.3 is 6.98 Å². The smallest absolute Gasteiger partial charge is 0.492 e. The van der Waals surface area contributed by atoms with Crippen molar-refractivity contribution in [1.29, 1.82) is 0 Å². The average Bonchev–Trinajstić information content (AvgIpc) is 2.28. The van der Waals surface area contributed by atoms with Gasteiger partial charge in [-0.05, 0) is 12.5 Å². The molecule has 0 spiro atoms. The van der Waals surface area contributed by atoms with Gasteiger partial charge in [-0.3, -0.25) is 4.98 Å². The van der Waals surface area contributed by atoms with E-state index in [1.54, 1.807) is 0 Å². The molecule has 0 radical (unpaired) electrons. The first-order valence-electron chi connectivity index (χ1n) is 5.81. The lowest BCUT2D eigenvalue weighted by Gasteiger charge is -2.15. The largest absolute Gasteiger partial charge is 0.511 e. The molecule has 0 aliphatic carbocycles. The van der Waals surface area contributed by atoms with E-state index >= 15 is 0 Å². The summed E-state index contributed by atoms with van der Waals surface area (Å²) in [5, 5.41) is 0. The molecule has 0 aliphatic heterocycles. The number of hydrogen-bond donors (Lipinski definition) is 0. The topological polar surface area (TPSA) is 22.1 Å². The van der Waals surface area contributed by atoms with Gasteiger partial charge in [0.05, 0.1) is 12.8 Å². The van der Waals surface area contributed by atoms with Crippen LogP contribution in [-0.4, -0.2) is 18.6 Å². The van der Waals surface area contributed by atoms with Crippen LogP contribution in [0, 0.1) is 0 Å². The maximum Gasteiger partial charge on any atom is 0.511 e. The summed E-state index contributed by atoms with van der Waals surface area (Å²) in [7, 11) is 0. The molecule has 0 N–H and O–H groups in total. The van der Waals surface area contributed by atoms with Crippen LogP contribution in [0.4, 0.5) is 12.9 Å². The number of nitrogens with zero attached hydrogens (tertiary/aromatic N) is 1. The highest BCUT2D eigenvalue weighted by Gasteiger charge is 2.26. The molecule has 1 aromatic heterocycles. The van der Waals surface area contributed by atoms with Crippen molar-refractivity contribution in [3.05, 3.63) is 18.5 Å². The molecule has 0 atom stereocenters. The minimum Gasteiger partial charge on any atom is -0.492 e. The molecular formula is C11H16BF3NO-. The summed E-state index contributed by atoms with van der Waals surface area (Å²) >= 11 is 0. The van der Waals surface area contributed by atoms with Crippen LogP contribution in [0.3, 0.4) is 0 Å². The minimum absolute atomic E-state index is 0.193. The van der Waals surface area contributed by atoms with E-state index in [4.69, 9.17) is 4.74 Å². The van der Waals surface area contributed by atoms with E-state index in [0.29, 0.717) is 6.61 Å². The van der Waals surface area contributed by atoms with E-state index in [1.807, 2.05) is 0 Å². The number of unbranched alkanes of at least 4 members (excludes halogenated alkanes) is 3. The molecule has 2 nitrogen and oxygen atoms in total. The summed E-state index contributed by atoms with van der Waals surface area (Å²) in [5.41, 5.74) is -0.712. The fourth-order valence-electron chi connectivity index (χ4n) is 1.41. The Balaban J connectivity index is 2.44. The molecule has 0 bridgehead atoms. The molecule has 0 saturated heterocycles. The lowest BCUT2D eigenvalue weighted by molar-refractivity contribution is 0.304. The van der Waals surface area contributed by atoms with Crippen LogP contribution in [0.5, 0.6) is 5.75 Å². The van der Waals surface area contributed by atoms with Gasteiger partial charge in [0.1, 0.15) is 5.75 Å². The van der Waals surface area contributed by atoms with Crippen LogP contribution in [0.2, 0.25) is 0 Å². The Bertz CT molecular complexity index is 344. The van der Waals surface area contributed by atoms with Crippen LogP contribution < -0.4 is 10.2 Å². The van der Waals surface area contributed by atoms with E-state index in [2.05, 4.69) is 11.9 Å². The Kier molecular flexibility index (Phi) is 5.32. The van der Waals surface area contributed by atoms with E-state index < -0.39 is 12.4 Å². The number of pyridine rings is 1. The molecule has 0 fully saturated rings. The predicted molar refractivity (Wildman–Crippen MR) is 62.6 cm³/mol. The highest BCUT2D eigenvalue weighted by molar-refractivity contribution is 6.73. The number of aromatic nitrogens is 1. The third-order valence-electron chi connectivity index (χ3n) is 2.38. The summed E-state index contributed by atoms with van der Waals surface area (Å²) in [6.45, 7) is -2.46. The van der Waals surface area contributed by atoms with Gasteiger partial charge < -0.3 is 17.7 Å². The van der Waals surface area contributed by atoms with Crippen molar-refractivity contribution >= 4 is 12.4 Å². The third kappa shape index (κ3) is 5.11. The zero-order valence-corrected chi connectivity index (χ0v) is 9.83. The van der Waals surface area contributed by atoms with Crippen LogP contribution in [0.25, 0.3) is 0 Å². The van der Waals surface area contributed by atoms with Gasteiger partial charge in [0.2, 0.25) is 0 Å². The fourth-order valence-corrected chi connectivity index (χ4v) is 1.41. The van der Waals surface area contributed by atoms with Crippen molar-refractivity contribution < 1.29 is 17.7 Å². The Hall–Kier alpha value is -1.20. The second kappa shape index (κ2) is 6.52. The second-order valence-electron chi connectivity index (χ2n) is 3.94. The molecule has 0 aliphatic rings. The molecule has 6 heteroatoms. The first-order chi connectivity index (χ1) is 8.04. The average molecular weight is 246 g/mol. The highest BCUT2D eigenvalue weighted by atomic mass is 19.4. The van der Waals surface area contributed by atoms with Gasteiger partial charge in [-0.2, -0.15) is 0 Å². The first kappa shape index (κ1) is 13.9. The summed E-state index contributed by atoms with van der Waals surface area (Å²) in [6, 6.07) is 1.01. The summed E-state index contributed by atoms with van der Waals surface area (Å²) < 4.78 is 42.5. The molecule has 0 amide bonds. The first-order valence-corrected chi connectivity index (χ1v) is 5.81. The quantitative estimate of drug-likeness (QED) is 0.544. The van der Waals surface area contributed by atoms with Crippen molar-refractivity contribution in [1.82, 2.24) is 4.98 Å². The van der Waals surface area contributed by atoms with Crippen LogP contribution in [0.1, 0.15) is 32.6 Å². The van der Waals surface area contributed by atoms with Crippen molar-refractivity contribution in [2.24, 2.45) is 0 Å². The van der Waals surface area contributed by atoms with E-state index in [1.165, 1.54) is 6.20 Å². The van der Waals surface area contributed by atoms with Crippen molar-refractivity contribution in [3.8, 4) is 5.75 Å².